The quantitative estimate of drug-likeness (QED) is 0.922. The molecule has 0 saturated carbocycles. The number of halogens is 2. The lowest BCUT2D eigenvalue weighted by Gasteiger charge is -2.32. The summed E-state index contributed by atoms with van der Waals surface area (Å²) in [6.07, 6.45) is 0. The first-order valence-electron chi connectivity index (χ1n) is 5.94. The van der Waals surface area contributed by atoms with Crippen molar-refractivity contribution in [3.05, 3.63) is 34.9 Å². The van der Waals surface area contributed by atoms with E-state index in [1.54, 1.807) is 0 Å². The van der Waals surface area contributed by atoms with Crippen molar-refractivity contribution in [2.75, 3.05) is 19.6 Å². The van der Waals surface area contributed by atoms with Crippen LogP contribution < -0.4 is 5.32 Å². The molecule has 1 heterocycles. The van der Waals surface area contributed by atoms with E-state index in [2.05, 4.69) is 5.32 Å². The van der Waals surface area contributed by atoms with Gasteiger partial charge >= 0.3 is 0 Å². The van der Waals surface area contributed by atoms with E-state index >= 15 is 0 Å². The van der Waals surface area contributed by atoms with Crippen LogP contribution in [-0.4, -0.2) is 30.4 Å². The lowest BCUT2D eigenvalue weighted by Crippen LogP contribution is -2.51. The van der Waals surface area contributed by atoms with Crippen LogP contribution in [0.25, 0.3) is 0 Å². The molecule has 5 heteroatoms. The highest BCUT2D eigenvalue weighted by Crippen LogP contribution is 2.15. The predicted molar refractivity (Wildman–Crippen MR) is 76.2 cm³/mol. The summed E-state index contributed by atoms with van der Waals surface area (Å²) in [5.41, 5.74) is 1.08. The second-order valence-corrected chi connectivity index (χ2v) is 4.77. The Labute approximate surface area is 119 Å². The fourth-order valence-corrected chi connectivity index (χ4v) is 2.14. The first kappa shape index (κ1) is 15.3. The zero-order valence-corrected chi connectivity index (χ0v) is 11.9. The highest BCUT2D eigenvalue weighted by atomic mass is 35.5. The van der Waals surface area contributed by atoms with Gasteiger partial charge in [-0.25, -0.2) is 0 Å². The monoisotopic (exact) mass is 288 g/mol. The average molecular weight is 289 g/mol. The molecular formula is C13H18Cl2N2O. The van der Waals surface area contributed by atoms with Crippen LogP contribution in [0.4, 0.5) is 0 Å². The van der Waals surface area contributed by atoms with Crippen LogP contribution in [0.3, 0.4) is 0 Å². The third-order valence-electron chi connectivity index (χ3n) is 3.09. The number of hydrogen-bond donors (Lipinski definition) is 1. The maximum absolute atomic E-state index is 12.1. The standard InChI is InChI=1S/C13H17ClN2O.ClH/c1-2-16(13(17)11-7-15-8-11)9-10-4-3-5-12(14)6-10;/h3-6,11,15H,2,7-9H2,1H3;1H. The maximum atomic E-state index is 12.1. The molecule has 1 aromatic carbocycles. The van der Waals surface area contributed by atoms with Gasteiger partial charge in [0.15, 0.2) is 0 Å². The van der Waals surface area contributed by atoms with Gasteiger partial charge in [-0.05, 0) is 24.6 Å². The molecular weight excluding hydrogens is 271 g/mol. The second kappa shape index (κ2) is 6.98. The molecule has 3 nitrogen and oxygen atoms in total. The molecule has 1 aromatic rings. The van der Waals surface area contributed by atoms with Crippen molar-refractivity contribution in [3.63, 3.8) is 0 Å². The molecule has 0 spiro atoms. The largest absolute Gasteiger partial charge is 0.338 e. The van der Waals surface area contributed by atoms with Gasteiger partial charge in [-0.15, -0.1) is 12.4 Å². The molecule has 1 N–H and O–H groups in total. The molecule has 100 valence electrons. The van der Waals surface area contributed by atoms with Gasteiger partial charge in [0.1, 0.15) is 0 Å². The Kier molecular flexibility index (Phi) is 5.93. The van der Waals surface area contributed by atoms with Crippen molar-refractivity contribution >= 4 is 29.9 Å². The fourth-order valence-electron chi connectivity index (χ4n) is 1.92. The highest BCUT2D eigenvalue weighted by Gasteiger charge is 2.28. The minimum atomic E-state index is 0. The molecule has 18 heavy (non-hydrogen) atoms. The number of carbonyl (C=O) groups excluding carboxylic acids is 1. The van der Waals surface area contributed by atoms with Crippen molar-refractivity contribution < 1.29 is 4.79 Å². The summed E-state index contributed by atoms with van der Waals surface area (Å²) in [7, 11) is 0. The van der Waals surface area contributed by atoms with Gasteiger partial charge in [0.2, 0.25) is 5.91 Å². The second-order valence-electron chi connectivity index (χ2n) is 4.34. The molecule has 1 amide bonds. The molecule has 0 aliphatic carbocycles. The topological polar surface area (TPSA) is 32.3 Å². The molecule has 0 atom stereocenters. The molecule has 0 aromatic heterocycles. The molecule has 1 aliphatic rings. The number of nitrogens with zero attached hydrogens (tertiary/aromatic N) is 1. The molecule has 1 saturated heterocycles. The summed E-state index contributed by atoms with van der Waals surface area (Å²) in [5.74, 6) is 0.403. The molecule has 2 rings (SSSR count). The van der Waals surface area contributed by atoms with E-state index in [1.165, 1.54) is 0 Å². The van der Waals surface area contributed by atoms with Crippen LogP contribution in [0.1, 0.15) is 12.5 Å². The van der Waals surface area contributed by atoms with E-state index in [0.717, 1.165) is 30.2 Å². The number of nitrogens with one attached hydrogen (secondary N) is 1. The smallest absolute Gasteiger partial charge is 0.228 e. The zero-order chi connectivity index (χ0) is 12.3. The van der Waals surface area contributed by atoms with E-state index in [9.17, 15) is 4.79 Å². The number of carbonyl (C=O) groups is 1. The first-order valence-corrected chi connectivity index (χ1v) is 6.32. The van der Waals surface area contributed by atoms with Gasteiger partial charge in [0, 0.05) is 31.2 Å². The Bertz CT molecular complexity index is 408. The lowest BCUT2D eigenvalue weighted by atomic mass is 10.0. The van der Waals surface area contributed by atoms with Gasteiger partial charge in [-0.1, -0.05) is 23.7 Å². The van der Waals surface area contributed by atoms with Crippen LogP contribution in [0.5, 0.6) is 0 Å². The summed E-state index contributed by atoms with van der Waals surface area (Å²) in [6.45, 7) is 5.01. The fraction of sp³-hybridized carbons (Fsp3) is 0.462. The summed E-state index contributed by atoms with van der Waals surface area (Å²) in [6, 6.07) is 7.68. The van der Waals surface area contributed by atoms with Crippen molar-refractivity contribution in [1.82, 2.24) is 10.2 Å². The Morgan fingerprint density at radius 1 is 1.50 bits per heavy atom. The van der Waals surface area contributed by atoms with Crippen LogP contribution >= 0.6 is 24.0 Å². The lowest BCUT2D eigenvalue weighted by molar-refractivity contribution is -0.137. The molecule has 0 radical (unpaired) electrons. The van der Waals surface area contributed by atoms with Gasteiger partial charge in [0.05, 0.1) is 5.92 Å². The molecule has 1 fully saturated rings. The predicted octanol–water partition coefficient (Wildman–Crippen LogP) is 2.33. The minimum absolute atomic E-state index is 0. The third kappa shape index (κ3) is 3.61. The van der Waals surface area contributed by atoms with Crippen LogP contribution in [0.15, 0.2) is 24.3 Å². The van der Waals surface area contributed by atoms with E-state index in [0.29, 0.717) is 6.54 Å². The average Bonchev–Trinajstić information content (AvgIpc) is 2.23. The Morgan fingerprint density at radius 2 is 2.22 bits per heavy atom. The summed E-state index contributed by atoms with van der Waals surface area (Å²) in [4.78, 5) is 14.0. The zero-order valence-electron chi connectivity index (χ0n) is 10.4. The number of benzene rings is 1. The number of amides is 1. The maximum Gasteiger partial charge on any atom is 0.228 e. The SMILES string of the molecule is CCN(Cc1cccc(Cl)c1)C(=O)C1CNC1.Cl. The number of hydrogen-bond acceptors (Lipinski definition) is 2. The molecule has 0 unspecified atom stereocenters. The van der Waals surface area contributed by atoms with Crippen molar-refractivity contribution in [3.8, 4) is 0 Å². The minimum Gasteiger partial charge on any atom is -0.338 e. The van der Waals surface area contributed by atoms with Crippen molar-refractivity contribution in [1.29, 1.82) is 0 Å². The van der Waals surface area contributed by atoms with E-state index < -0.39 is 0 Å². The van der Waals surface area contributed by atoms with Crippen LogP contribution in [-0.2, 0) is 11.3 Å². The van der Waals surface area contributed by atoms with Crippen LogP contribution in [0, 0.1) is 5.92 Å². The molecule has 0 bridgehead atoms. The first-order chi connectivity index (χ1) is 8.20. The Balaban J connectivity index is 0.00000162. The third-order valence-corrected chi connectivity index (χ3v) is 3.32. The highest BCUT2D eigenvalue weighted by molar-refractivity contribution is 6.30. The normalized spacial score (nSPS) is 14.6. The van der Waals surface area contributed by atoms with E-state index in [-0.39, 0.29) is 24.2 Å². The van der Waals surface area contributed by atoms with Gasteiger partial charge in [-0.3, -0.25) is 4.79 Å². The van der Waals surface area contributed by atoms with E-state index in [1.807, 2.05) is 36.1 Å². The van der Waals surface area contributed by atoms with Crippen LogP contribution in [0.2, 0.25) is 5.02 Å². The van der Waals surface area contributed by atoms with Crippen molar-refractivity contribution in [2.24, 2.45) is 5.92 Å². The van der Waals surface area contributed by atoms with Gasteiger partial charge in [0.25, 0.3) is 0 Å². The number of rotatable bonds is 4. The Morgan fingerprint density at radius 3 is 2.72 bits per heavy atom. The van der Waals surface area contributed by atoms with Gasteiger partial charge < -0.3 is 10.2 Å². The molecule has 1 aliphatic heterocycles. The van der Waals surface area contributed by atoms with Crippen molar-refractivity contribution in [2.45, 2.75) is 13.5 Å². The Hall–Kier alpha value is -0.770. The summed E-state index contributed by atoms with van der Waals surface area (Å²) < 4.78 is 0. The summed E-state index contributed by atoms with van der Waals surface area (Å²) in [5, 5.41) is 3.84. The van der Waals surface area contributed by atoms with E-state index in [4.69, 9.17) is 11.6 Å². The van der Waals surface area contributed by atoms with Gasteiger partial charge in [-0.2, -0.15) is 0 Å². The summed E-state index contributed by atoms with van der Waals surface area (Å²) >= 11 is 5.94.